The van der Waals surface area contributed by atoms with Crippen LogP contribution >= 0.6 is 23.2 Å². The molecular formula is C37H29Cl2FN4O3. The smallest absolute Gasteiger partial charge is 0.322 e. The number of halogens is 3. The third-order valence-corrected chi connectivity index (χ3v) is 8.17. The zero-order valence-corrected chi connectivity index (χ0v) is 26.9. The summed E-state index contributed by atoms with van der Waals surface area (Å²) in [5, 5.41) is 6.66. The van der Waals surface area contributed by atoms with Gasteiger partial charge in [0.15, 0.2) is 0 Å². The number of urea groups is 1. The summed E-state index contributed by atoms with van der Waals surface area (Å²) in [5.41, 5.74) is 4.28. The molecule has 3 amide bonds. The monoisotopic (exact) mass is 666 g/mol. The third kappa shape index (κ3) is 6.99. The lowest BCUT2D eigenvalue weighted by atomic mass is 9.90. The Morgan fingerprint density at radius 1 is 0.957 bits per heavy atom. The second-order valence-electron chi connectivity index (χ2n) is 11.1. The molecule has 1 aliphatic heterocycles. The summed E-state index contributed by atoms with van der Waals surface area (Å²) in [4.78, 5) is 34.4. The first kappa shape index (κ1) is 31.8. The molecule has 0 saturated carbocycles. The molecule has 1 aromatic heterocycles. The summed E-state index contributed by atoms with van der Waals surface area (Å²) in [6, 6.07) is 26.1. The highest BCUT2D eigenvalue weighted by Crippen LogP contribution is 2.42. The predicted octanol–water partition coefficient (Wildman–Crippen LogP) is 9.25. The van der Waals surface area contributed by atoms with Crippen LogP contribution in [-0.4, -0.2) is 21.8 Å². The molecule has 1 atom stereocenters. The van der Waals surface area contributed by atoms with Crippen molar-refractivity contribution in [1.82, 2.24) is 15.2 Å². The zero-order chi connectivity index (χ0) is 33.1. The molecule has 7 nitrogen and oxygen atoms in total. The molecular weight excluding hydrogens is 638 g/mol. The van der Waals surface area contributed by atoms with Crippen LogP contribution in [0.1, 0.15) is 33.9 Å². The van der Waals surface area contributed by atoms with Gasteiger partial charge in [-0.05, 0) is 60.4 Å². The van der Waals surface area contributed by atoms with Gasteiger partial charge in [0.25, 0.3) is 5.91 Å². The van der Waals surface area contributed by atoms with E-state index in [1.807, 2.05) is 80.6 Å². The van der Waals surface area contributed by atoms with E-state index < -0.39 is 23.8 Å². The molecule has 10 heteroatoms. The average molecular weight is 668 g/mol. The Balaban J connectivity index is 1.58. The van der Waals surface area contributed by atoms with Crippen LogP contribution < -0.4 is 15.4 Å². The van der Waals surface area contributed by atoms with Crippen LogP contribution in [0.5, 0.6) is 11.5 Å². The van der Waals surface area contributed by atoms with Crippen molar-refractivity contribution in [2.45, 2.75) is 26.4 Å². The number of rotatable bonds is 8. The van der Waals surface area contributed by atoms with Crippen molar-refractivity contribution < 1.29 is 18.7 Å². The van der Waals surface area contributed by atoms with Gasteiger partial charge < -0.3 is 15.4 Å². The van der Waals surface area contributed by atoms with Crippen molar-refractivity contribution in [3.8, 4) is 11.5 Å². The lowest BCUT2D eigenvalue weighted by molar-refractivity contribution is -0.113. The molecule has 236 valence electrons. The summed E-state index contributed by atoms with van der Waals surface area (Å²) in [5.74, 6) is -0.644. The summed E-state index contributed by atoms with van der Waals surface area (Å²) in [7, 11) is 0. The van der Waals surface area contributed by atoms with Gasteiger partial charge in [-0.1, -0.05) is 89.9 Å². The summed E-state index contributed by atoms with van der Waals surface area (Å²) in [6.07, 6.45) is 2.92. The second-order valence-corrected chi connectivity index (χ2v) is 11.9. The molecule has 4 aromatic carbocycles. The largest absolute Gasteiger partial charge is 0.455 e. The van der Waals surface area contributed by atoms with Gasteiger partial charge in [0, 0.05) is 17.8 Å². The molecule has 2 heterocycles. The normalized spacial score (nSPS) is 14.5. The number of anilines is 1. The molecule has 2 N–H and O–H groups in total. The molecule has 0 fully saturated rings. The Morgan fingerprint density at radius 2 is 1.68 bits per heavy atom. The van der Waals surface area contributed by atoms with Crippen LogP contribution in [0.15, 0.2) is 115 Å². The highest BCUT2D eigenvalue weighted by molar-refractivity contribution is 6.34. The molecule has 1 aliphatic rings. The fourth-order valence-electron chi connectivity index (χ4n) is 5.62. The highest BCUT2D eigenvalue weighted by Gasteiger charge is 2.40. The van der Waals surface area contributed by atoms with Gasteiger partial charge >= 0.3 is 6.03 Å². The quantitative estimate of drug-likeness (QED) is 0.173. The van der Waals surface area contributed by atoms with E-state index in [1.165, 1.54) is 35.5 Å². The standard InChI is InChI=1S/C37H29Cl2FN4O3/c1-22-15-23(2)33(30(39)16-22)42-36(45)32-34(29-18-27(40)13-14-31(29)47-28-17-26(38)19-41-20-28)43-37(46)44(21-24-9-5-3-6-10-24)35(32)25-11-7-4-8-12-25/h3-20,34H,21H2,1-2H3,(H,42,45)(H,43,46). The maximum absolute atomic E-state index is 15.1. The van der Waals surface area contributed by atoms with E-state index in [0.29, 0.717) is 32.7 Å². The van der Waals surface area contributed by atoms with Crippen LogP contribution in [0.4, 0.5) is 14.9 Å². The number of aryl methyl sites for hydroxylation is 2. The predicted molar refractivity (Wildman–Crippen MR) is 182 cm³/mol. The number of ether oxygens (including phenoxy) is 1. The number of nitrogens with zero attached hydrogens (tertiary/aromatic N) is 2. The SMILES string of the molecule is Cc1cc(C)c(NC(=O)C2=C(c3ccccc3)N(Cc3ccccc3)C(=O)NC2c2cc(F)ccc2Oc2cncc(Cl)c2)c(Cl)c1. The summed E-state index contributed by atoms with van der Waals surface area (Å²) < 4.78 is 21.2. The first-order valence-corrected chi connectivity index (χ1v) is 15.5. The van der Waals surface area contributed by atoms with Crippen molar-refractivity contribution in [2.24, 2.45) is 0 Å². The maximum atomic E-state index is 15.1. The average Bonchev–Trinajstić information content (AvgIpc) is 3.05. The summed E-state index contributed by atoms with van der Waals surface area (Å²) >= 11 is 12.8. The fraction of sp³-hybridized carbons (Fsp3) is 0.108. The lowest BCUT2D eigenvalue weighted by Gasteiger charge is -2.37. The van der Waals surface area contributed by atoms with Crippen molar-refractivity contribution in [3.05, 3.63) is 159 Å². The van der Waals surface area contributed by atoms with Crippen LogP contribution in [0.25, 0.3) is 5.70 Å². The molecule has 0 aliphatic carbocycles. The Hall–Kier alpha value is -5.18. The molecule has 5 aromatic rings. The molecule has 1 unspecified atom stereocenters. The number of aromatic nitrogens is 1. The third-order valence-electron chi connectivity index (χ3n) is 7.66. The number of carbonyl (C=O) groups excluding carboxylic acids is 2. The Morgan fingerprint density at radius 3 is 2.38 bits per heavy atom. The second kappa shape index (κ2) is 13.7. The minimum Gasteiger partial charge on any atom is -0.455 e. The van der Waals surface area contributed by atoms with Gasteiger partial charge in [-0.3, -0.25) is 14.7 Å². The van der Waals surface area contributed by atoms with Crippen molar-refractivity contribution in [2.75, 3.05) is 5.32 Å². The Labute approximate surface area is 281 Å². The number of amides is 3. The molecule has 0 saturated heterocycles. The van der Waals surface area contributed by atoms with E-state index >= 15 is 4.39 Å². The Kier molecular flexibility index (Phi) is 9.24. The van der Waals surface area contributed by atoms with Gasteiger partial charge in [-0.2, -0.15) is 0 Å². The van der Waals surface area contributed by atoms with Crippen molar-refractivity contribution >= 4 is 46.5 Å². The fourth-order valence-corrected chi connectivity index (χ4v) is 6.15. The van der Waals surface area contributed by atoms with Gasteiger partial charge in [0.05, 0.1) is 45.8 Å². The maximum Gasteiger partial charge on any atom is 0.322 e. The van der Waals surface area contributed by atoms with Gasteiger partial charge in [0.2, 0.25) is 0 Å². The summed E-state index contributed by atoms with van der Waals surface area (Å²) in [6.45, 7) is 3.92. The van der Waals surface area contributed by atoms with Gasteiger partial charge in [-0.15, -0.1) is 0 Å². The number of nitrogens with one attached hydrogen (secondary N) is 2. The Bertz CT molecular complexity index is 1980. The van der Waals surface area contributed by atoms with E-state index in [2.05, 4.69) is 15.6 Å². The molecule has 0 bridgehead atoms. The number of pyridine rings is 1. The highest BCUT2D eigenvalue weighted by atomic mass is 35.5. The number of hydrogen-bond acceptors (Lipinski definition) is 4. The number of benzene rings is 4. The van der Waals surface area contributed by atoms with E-state index in [-0.39, 0.29) is 23.4 Å². The molecule has 6 rings (SSSR count). The zero-order valence-electron chi connectivity index (χ0n) is 25.4. The minimum atomic E-state index is -1.15. The van der Waals surface area contributed by atoms with Crippen LogP contribution in [-0.2, 0) is 11.3 Å². The molecule has 0 radical (unpaired) electrons. The van der Waals surface area contributed by atoms with Gasteiger partial charge in [0.1, 0.15) is 17.3 Å². The van der Waals surface area contributed by atoms with Gasteiger partial charge in [-0.25, -0.2) is 9.18 Å². The number of hydrogen-bond donors (Lipinski definition) is 2. The first-order valence-electron chi connectivity index (χ1n) is 14.8. The van der Waals surface area contributed by atoms with E-state index in [0.717, 1.165) is 16.7 Å². The first-order chi connectivity index (χ1) is 22.7. The topological polar surface area (TPSA) is 83.6 Å². The molecule has 0 spiro atoms. The van der Waals surface area contributed by atoms with Crippen LogP contribution in [0.2, 0.25) is 10.0 Å². The minimum absolute atomic E-state index is 0.155. The van der Waals surface area contributed by atoms with E-state index in [4.69, 9.17) is 27.9 Å². The lowest BCUT2D eigenvalue weighted by Crippen LogP contribution is -2.48. The van der Waals surface area contributed by atoms with E-state index in [9.17, 15) is 9.59 Å². The van der Waals surface area contributed by atoms with E-state index in [1.54, 1.807) is 12.1 Å². The number of carbonyl (C=O) groups is 2. The van der Waals surface area contributed by atoms with Crippen LogP contribution in [0, 0.1) is 19.7 Å². The van der Waals surface area contributed by atoms with Crippen LogP contribution in [0.3, 0.4) is 0 Å². The van der Waals surface area contributed by atoms with Crippen molar-refractivity contribution in [3.63, 3.8) is 0 Å². The molecule has 47 heavy (non-hydrogen) atoms. The van der Waals surface area contributed by atoms with Crippen molar-refractivity contribution in [1.29, 1.82) is 0 Å².